The SMILES string of the molecule is C=[N+]([O-])C(=O)c1ccc(S(=O)(=O)N(Cc2ccc(F)c(C(F)(F)F)c2)c2nc3ccc(Cl)cn3c2C)cc1. The van der Waals surface area contributed by atoms with E-state index < -0.39 is 40.0 Å². The minimum absolute atomic E-state index is 0.117. The van der Waals surface area contributed by atoms with Crippen molar-refractivity contribution < 1.29 is 35.5 Å². The van der Waals surface area contributed by atoms with Crippen LogP contribution in [-0.2, 0) is 22.7 Å². The molecule has 1 amide bonds. The number of halogens is 5. The van der Waals surface area contributed by atoms with Crippen LogP contribution in [0.5, 0.6) is 0 Å². The number of anilines is 1. The molecule has 2 aromatic carbocycles. The van der Waals surface area contributed by atoms with Gasteiger partial charge in [0.15, 0.2) is 5.82 Å². The molecule has 4 aromatic rings. The maximum Gasteiger partial charge on any atom is 0.429 e. The largest absolute Gasteiger partial charge is 0.616 e. The van der Waals surface area contributed by atoms with Crippen LogP contribution in [0, 0.1) is 17.9 Å². The van der Waals surface area contributed by atoms with Crippen molar-refractivity contribution in [3.63, 3.8) is 0 Å². The van der Waals surface area contributed by atoms with E-state index in [9.17, 15) is 36.0 Å². The second-order valence-corrected chi connectivity index (χ2v) is 10.4. The van der Waals surface area contributed by atoms with E-state index in [-0.39, 0.29) is 26.6 Å². The molecule has 38 heavy (non-hydrogen) atoms. The van der Waals surface area contributed by atoms with Crippen molar-refractivity contribution in [2.45, 2.75) is 24.5 Å². The number of aromatic nitrogens is 2. The highest BCUT2D eigenvalue weighted by Gasteiger charge is 2.35. The zero-order valence-corrected chi connectivity index (χ0v) is 21.0. The quantitative estimate of drug-likeness (QED) is 0.105. The Morgan fingerprint density at radius 1 is 1.16 bits per heavy atom. The number of fused-ring (bicyclic) bond motifs is 1. The van der Waals surface area contributed by atoms with Crippen LogP contribution < -0.4 is 4.31 Å². The molecule has 2 aromatic heterocycles. The third-order valence-electron chi connectivity index (χ3n) is 5.61. The lowest BCUT2D eigenvalue weighted by Crippen LogP contribution is -2.31. The molecule has 0 saturated heterocycles. The molecule has 0 radical (unpaired) electrons. The van der Waals surface area contributed by atoms with Crippen LogP contribution in [0.2, 0.25) is 5.02 Å². The third-order valence-corrected chi connectivity index (χ3v) is 7.58. The van der Waals surface area contributed by atoms with Gasteiger partial charge in [0.1, 0.15) is 18.2 Å². The summed E-state index contributed by atoms with van der Waals surface area (Å²) < 4.78 is 83.6. The van der Waals surface area contributed by atoms with E-state index >= 15 is 0 Å². The maximum absolute atomic E-state index is 13.9. The van der Waals surface area contributed by atoms with E-state index in [0.717, 1.165) is 34.6 Å². The fourth-order valence-corrected chi connectivity index (χ4v) is 5.34. The smallest absolute Gasteiger partial charge is 0.429 e. The molecule has 0 bridgehead atoms. The van der Waals surface area contributed by atoms with E-state index in [2.05, 4.69) is 11.7 Å². The molecule has 0 N–H and O–H groups in total. The topological polar surface area (TPSA) is 97.8 Å². The highest BCUT2D eigenvalue weighted by Crippen LogP contribution is 2.34. The predicted molar refractivity (Wildman–Crippen MR) is 131 cm³/mol. The number of sulfonamides is 1. The average molecular weight is 569 g/mol. The molecule has 0 unspecified atom stereocenters. The average Bonchev–Trinajstić information content (AvgIpc) is 3.17. The van der Waals surface area contributed by atoms with Crippen LogP contribution in [0.4, 0.5) is 23.4 Å². The Labute approximate surface area is 218 Å². The molecule has 198 valence electrons. The number of carbonyl (C=O) groups excluding carboxylic acids is 1. The van der Waals surface area contributed by atoms with Gasteiger partial charge in [-0.05, 0) is 61.0 Å². The predicted octanol–water partition coefficient (Wildman–Crippen LogP) is 5.20. The molecule has 0 aliphatic carbocycles. The number of nitrogens with zero attached hydrogens (tertiary/aromatic N) is 4. The number of alkyl halides is 3. The summed E-state index contributed by atoms with van der Waals surface area (Å²) in [7, 11) is -4.52. The van der Waals surface area contributed by atoms with Gasteiger partial charge in [0.05, 0.1) is 33.3 Å². The number of hydroxylamine groups is 1. The zero-order chi connectivity index (χ0) is 28.0. The minimum atomic E-state index is -5.01. The lowest BCUT2D eigenvalue weighted by atomic mass is 10.1. The number of pyridine rings is 1. The summed E-state index contributed by atoms with van der Waals surface area (Å²) in [5, 5.41) is 11.5. The van der Waals surface area contributed by atoms with Gasteiger partial charge in [0.25, 0.3) is 10.0 Å². The lowest BCUT2D eigenvalue weighted by Gasteiger charge is -2.24. The standard InChI is InChI=1S/C24H17ClF4N4O4S/c1-14-22(30-21-10-6-17(25)13-32(14)21)33(12-15-3-9-20(26)19(11-15)24(27,28)29)38(36,37)18-7-4-16(5-8-18)23(34)31(2)35/h3-11,13H,2,12H2,1H3. The van der Waals surface area contributed by atoms with Crippen LogP contribution in [-0.4, -0.2) is 35.2 Å². The highest BCUT2D eigenvalue weighted by atomic mass is 35.5. The Bertz CT molecular complexity index is 1690. The number of carbonyl (C=O) groups is 1. The van der Waals surface area contributed by atoms with Crippen LogP contribution in [0.15, 0.2) is 65.7 Å². The Morgan fingerprint density at radius 3 is 2.42 bits per heavy atom. The summed E-state index contributed by atoms with van der Waals surface area (Å²) in [6.45, 7) is 3.84. The second kappa shape index (κ2) is 9.72. The van der Waals surface area contributed by atoms with Crippen LogP contribution in [0.25, 0.3) is 5.65 Å². The van der Waals surface area contributed by atoms with Crippen LogP contribution >= 0.6 is 11.6 Å². The Hall–Kier alpha value is -3.97. The first-order valence-corrected chi connectivity index (χ1v) is 12.5. The number of rotatable bonds is 6. The normalized spacial score (nSPS) is 12.1. The van der Waals surface area contributed by atoms with E-state index in [0.29, 0.717) is 28.5 Å². The number of amides is 1. The Kier molecular flexibility index (Phi) is 6.93. The second-order valence-electron chi connectivity index (χ2n) is 8.13. The molecule has 0 spiro atoms. The van der Waals surface area contributed by atoms with Crippen molar-refractivity contribution >= 4 is 45.7 Å². The molecule has 4 rings (SSSR count). The molecule has 0 aliphatic heterocycles. The van der Waals surface area contributed by atoms with E-state index in [1.54, 1.807) is 6.92 Å². The van der Waals surface area contributed by atoms with Gasteiger partial charge in [-0.15, -0.1) is 4.74 Å². The molecule has 0 fully saturated rings. The van der Waals surface area contributed by atoms with Gasteiger partial charge in [-0.2, -0.15) is 13.2 Å². The van der Waals surface area contributed by atoms with Gasteiger partial charge < -0.3 is 9.61 Å². The first kappa shape index (κ1) is 27.1. The van der Waals surface area contributed by atoms with Gasteiger partial charge in [-0.3, -0.25) is 0 Å². The van der Waals surface area contributed by atoms with Crippen molar-refractivity contribution in [3.05, 3.63) is 99.2 Å². The summed E-state index contributed by atoms with van der Waals surface area (Å²) in [5.41, 5.74) is -1.24. The molecule has 2 heterocycles. The summed E-state index contributed by atoms with van der Waals surface area (Å²) in [6, 6.07) is 9.54. The number of hydrogen-bond donors (Lipinski definition) is 0. The molecular weight excluding hydrogens is 552 g/mol. The van der Waals surface area contributed by atoms with E-state index in [1.807, 2.05) is 0 Å². The monoisotopic (exact) mass is 568 g/mol. The molecule has 0 aliphatic rings. The fourth-order valence-electron chi connectivity index (χ4n) is 3.73. The van der Waals surface area contributed by atoms with Gasteiger partial charge >= 0.3 is 12.1 Å². The third kappa shape index (κ3) is 5.07. The number of hydrogen-bond acceptors (Lipinski definition) is 5. The Morgan fingerprint density at radius 2 is 1.82 bits per heavy atom. The summed E-state index contributed by atoms with van der Waals surface area (Å²) in [6.07, 6.45) is -3.52. The van der Waals surface area contributed by atoms with Crippen molar-refractivity contribution in [3.8, 4) is 0 Å². The molecule has 0 saturated carbocycles. The van der Waals surface area contributed by atoms with Gasteiger partial charge in [0, 0.05) is 6.20 Å². The fraction of sp³-hybridized carbons (Fsp3) is 0.125. The molecule has 0 atom stereocenters. The van der Waals surface area contributed by atoms with Crippen molar-refractivity contribution in [1.29, 1.82) is 0 Å². The van der Waals surface area contributed by atoms with Gasteiger partial charge in [0.2, 0.25) is 0 Å². The van der Waals surface area contributed by atoms with E-state index in [1.165, 1.54) is 22.7 Å². The summed E-state index contributed by atoms with van der Waals surface area (Å²) >= 11 is 6.05. The number of aryl methyl sites for hydroxylation is 1. The van der Waals surface area contributed by atoms with Crippen molar-refractivity contribution in [2.24, 2.45) is 0 Å². The first-order valence-electron chi connectivity index (χ1n) is 10.6. The molecule has 14 heteroatoms. The minimum Gasteiger partial charge on any atom is -0.616 e. The van der Waals surface area contributed by atoms with Crippen LogP contribution in [0.3, 0.4) is 0 Å². The highest BCUT2D eigenvalue weighted by molar-refractivity contribution is 7.92. The zero-order valence-electron chi connectivity index (χ0n) is 19.4. The van der Waals surface area contributed by atoms with Crippen molar-refractivity contribution in [1.82, 2.24) is 9.38 Å². The summed E-state index contributed by atoms with van der Waals surface area (Å²) in [4.78, 5) is 15.9. The maximum atomic E-state index is 13.9. The molecular formula is C24H17ClF4N4O4S. The summed E-state index contributed by atoms with van der Waals surface area (Å²) in [5.74, 6) is -2.63. The first-order chi connectivity index (χ1) is 17.7. The number of benzene rings is 2. The number of imidazole rings is 1. The van der Waals surface area contributed by atoms with E-state index in [4.69, 9.17) is 11.6 Å². The van der Waals surface area contributed by atoms with Gasteiger partial charge in [-0.1, -0.05) is 17.7 Å². The van der Waals surface area contributed by atoms with Crippen molar-refractivity contribution in [2.75, 3.05) is 4.31 Å². The lowest BCUT2D eigenvalue weighted by molar-refractivity contribution is -0.342. The van der Waals surface area contributed by atoms with Gasteiger partial charge in [-0.25, -0.2) is 26.9 Å². The molecule has 8 nitrogen and oxygen atoms in total. The van der Waals surface area contributed by atoms with Crippen LogP contribution in [0.1, 0.15) is 27.2 Å². The Balaban J connectivity index is 1.87.